The van der Waals surface area contributed by atoms with Crippen molar-refractivity contribution in [1.82, 2.24) is 0 Å². The van der Waals surface area contributed by atoms with E-state index >= 15 is 0 Å². The molecule has 4 N–H and O–H groups in total. The minimum absolute atomic E-state index is 0.0129. The molecule has 0 aromatic carbocycles. The van der Waals surface area contributed by atoms with Crippen LogP contribution in [0.15, 0.2) is 60.8 Å². The van der Waals surface area contributed by atoms with Crippen LogP contribution in [0, 0.1) is 23.7 Å². The Bertz CT molecular complexity index is 567. The number of hydrogen-bond acceptors (Lipinski definition) is 4. The maximum atomic E-state index is 9.80. The van der Waals surface area contributed by atoms with Crippen molar-refractivity contribution >= 4 is 0 Å². The molecule has 2 saturated carbocycles. The van der Waals surface area contributed by atoms with Gasteiger partial charge in [-0.2, -0.15) is 0 Å². The van der Waals surface area contributed by atoms with Crippen LogP contribution < -0.4 is 0 Å². The zero-order chi connectivity index (χ0) is 20.9. The topological polar surface area (TPSA) is 80.9 Å². The summed E-state index contributed by atoms with van der Waals surface area (Å²) < 4.78 is 0. The van der Waals surface area contributed by atoms with Gasteiger partial charge >= 0.3 is 0 Å². The molecule has 0 bridgehead atoms. The molecule has 4 nitrogen and oxygen atoms in total. The molecule has 0 amide bonds. The zero-order valence-corrected chi connectivity index (χ0v) is 17.0. The molecule has 152 valence electrons. The summed E-state index contributed by atoms with van der Waals surface area (Å²) in [6.45, 7) is 18.8. The highest BCUT2D eigenvalue weighted by atomic mass is 16.3. The second-order valence-electron chi connectivity index (χ2n) is 7.79. The van der Waals surface area contributed by atoms with Gasteiger partial charge in [-0.3, -0.25) is 0 Å². The number of aliphatic hydroxyl groups is 4. The molecular weight excluding hydrogens is 340 g/mol. The van der Waals surface area contributed by atoms with Crippen LogP contribution in [-0.2, 0) is 0 Å². The van der Waals surface area contributed by atoms with Gasteiger partial charge in [0.15, 0.2) is 0 Å². The highest BCUT2D eigenvalue weighted by Crippen LogP contribution is 2.37. The summed E-state index contributed by atoms with van der Waals surface area (Å²) in [4.78, 5) is 0. The maximum absolute atomic E-state index is 9.80. The SMILES string of the molecule is C=CC=C1[C@@H](C)[C@@H](O)C(=C)[C@H](O)[C@H]1C.C=CC=C1[C@@H](C)[C@@H](O)C[C@H](O)[C@H]1C. The lowest BCUT2D eigenvalue weighted by Crippen LogP contribution is -2.40. The summed E-state index contributed by atoms with van der Waals surface area (Å²) in [6, 6.07) is 0. The normalized spacial score (nSPS) is 42.4. The molecule has 2 rings (SSSR count). The second-order valence-corrected chi connectivity index (χ2v) is 7.79. The molecule has 0 saturated heterocycles. The van der Waals surface area contributed by atoms with Gasteiger partial charge < -0.3 is 20.4 Å². The lowest BCUT2D eigenvalue weighted by atomic mass is 9.72. The molecule has 2 aliphatic rings. The summed E-state index contributed by atoms with van der Waals surface area (Å²) >= 11 is 0. The first kappa shape index (κ1) is 23.6. The van der Waals surface area contributed by atoms with Gasteiger partial charge in [0.2, 0.25) is 0 Å². The van der Waals surface area contributed by atoms with Gasteiger partial charge in [0, 0.05) is 30.1 Å². The van der Waals surface area contributed by atoms with Gasteiger partial charge in [0.1, 0.15) is 0 Å². The maximum Gasteiger partial charge on any atom is 0.0835 e. The van der Waals surface area contributed by atoms with Crippen molar-refractivity contribution in [3.05, 3.63) is 60.8 Å². The average molecular weight is 377 g/mol. The molecule has 0 spiro atoms. The van der Waals surface area contributed by atoms with E-state index in [1.807, 2.05) is 39.8 Å². The van der Waals surface area contributed by atoms with E-state index in [9.17, 15) is 20.4 Å². The van der Waals surface area contributed by atoms with Crippen molar-refractivity contribution in [2.45, 2.75) is 58.5 Å². The van der Waals surface area contributed by atoms with Gasteiger partial charge in [-0.1, -0.05) is 82.9 Å². The van der Waals surface area contributed by atoms with Crippen LogP contribution in [0.3, 0.4) is 0 Å². The third-order valence-electron chi connectivity index (χ3n) is 6.07. The molecule has 0 aromatic rings. The third-order valence-corrected chi connectivity index (χ3v) is 6.07. The Kier molecular flexibility index (Phi) is 8.89. The van der Waals surface area contributed by atoms with E-state index in [-0.39, 0.29) is 23.7 Å². The van der Waals surface area contributed by atoms with Crippen molar-refractivity contribution in [3.63, 3.8) is 0 Å². The molecule has 0 aliphatic heterocycles. The first-order valence-corrected chi connectivity index (χ1v) is 9.64. The highest BCUT2D eigenvalue weighted by molar-refractivity contribution is 5.30. The predicted molar refractivity (Wildman–Crippen MR) is 111 cm³/mol. The standard InChI is InChI=1S/C12H18O2.C11H18O2/c1-5-6-10-7(2)11(13)9(4)12(14)8(10)3;1-4-5-9-7(2)10(12)6-11(13)8(9)3/h5-8,11-14H,1,4H2,2-3H3;4-5,7-8,10-13H,1,6H2,2-3H3/t7-,8+,11-,12-;7-,8+,10-,11-/m10/s1. The van der Waals surface area contributed by atoms with E-state index in [0.717, 1.165) is 11.1 Å². The van der Waals surface area contributed by atoms with Crippen molar-refractivity contribution in [3.8, 4) is 0 Å². The molecule has 2 fully saturated rings. The van der Waals surface area contributed by atoms with Crippen molar-refractivity contribution in [2.75, 3.05) is 0 Å². The van der Waals surface area contributed by atoms with Crippen LogP contribution >= 0.6 is 0 Å². The van der Waals surface area contributed by atoms with Crippen molar-refractivity contribution in [2.24, 2.45) is 23.7 Å². The smallest absolute Gasteiger partial charge is 0.0835 e. The molecule has 0 aromatic heterocycles. The fourth-order valence-electron chi connectivity index (χ4n) is 3.99. The Morgan fingerprint density at radius 1 is 0.704 bits per heavy atom. The number of hydrogen-bond donors (Lipinski definition) is 4. The van der Waals surface area contributed by atoms with Crippen LogP contribution in [0.4, 0.5) is 0 Å². The zero-order valence-electron chi connectivity index (χ0n) is 17.0. The second kappa shape index (κ2) is 10.2. The predicted octanol–water partition coefficient (Wildman–Crippen LogP) is 3.16. The molecule has 0 heterocycles. The molecule has 8 atom stereocenters. The van der Waals surface area contributed by atoms with Gasteiger partial charge in [-0.05, 0) is 5.57 Å². The van der Waals surface area contributed by atoms with Crippen LogP contribution in [0.5, 0.6) is 0 Å². The van der Waals surface area contributed by atoms with Crippen molar-refractivity contribution in [1.29, 1.82) is 0 Å². The Morgan fingerprint density at radius 2 is 1.04 bits per heavy atom. The van der Waals surface area contributed by atoms with E-state index in [1.165, 1.54) is 0 Å². The van der Waals surface area contributed by atoms with Gasteiger partial charge in [0.25, 0.3) is 0 Å². The quantitative estimate of drug-likeness (QED) is 0.558. The molecule has 0 unspecified atom stereocenters. The largest absolute Gasteiger partial charge is 0.392 e. The lowest BCUT2D eigenvalue weighted by Gasteiger charge is -2.38. The Labute approximate surface area is 163 Å². The van der Waals surface area contributed by atoms with Gasteiger partial charge in [-0.15, -0.1) is 0 Å². The minimum atomic E-state index is -0.646. The lowest BCUT2D eigenvalue weighted by molar-refractivity contribution is 0.00781. The van der Waals surface area contributed by atoms with E-state index in [0.29, 0.717) is 12.0 Å². The van der Waals surface area contributed by atoms with E-state index in [2.05, 4.69) is 19.7 Å². The van der Waals surface area contributed by atoms with Crippen LogP contribution in [-0.4, -0.2) is 44.8 Å². The number of allylic oxidation sites excluding steroid dienone is 4. The third kappa shape index (κ3) is 5.29. The highest BCUT2D eigenvalue weighted by Gasteiger charge is 2.37. The Hall–Kier alpha value is -1.46. The van der Waals surface area contributed by atoms with Crippen molar-refractivity contribution < 1.29 is 20.4 Å². The van der Waals surface area contributed by atoms with Gasteiger partial charge in [-0.25, -0.2) is 0 Å². The minimum Gasteiger partial charge on any atom is -0.392 e. The molecular formula is C23H36O4. The van der Waals surface area contributed by atoms with E-state index in [4.69, 9.17) is 0 Å². The van der Waals surface area contributed by atoms with Gasteiger partial charge in [0.05, 0.1) is 24.4 Å². The fourth-order valence-corrected chi connectivity index (χ4v) is 3.99. The molecule has 2 aliphatic carbocycles. The molecule has 27 heavy (non-hydrogen) atoms. The summed E-state index contributed by atoms with van der Waals surface area (Å²) in [7, 11) is 0. The van der Waals surface area contributed by atoms with E-state index in [1.54, 1.807) is 12.2 Å². The molecule has 0 radical (unpaired) electrons. The molecule has 4 heteroatoms. The number of aliphatic hydroxyl groups excluding tert-OH is 4. The summed E-state index contributed by atoms with van der Waals surface area (Å²) in [6.07, 6.45) is 5.53. The Balaban J connectivity index is 0.000000271. The monoisotopic (exact) mass is 376 g/mol. The van der Waals surface area contributed by atoms with E-state index < -0.39 is 24.4 Å². The average Bonchev–Trinajstić information content (AvgIpc) is 2.64. The first-order valence-electron chi connectivity index (χ1n) is 9.64. The Morgan fingerprint density at radius 3 is 1.37 bits per heavy atom. The van der Waals surface area contributed by atoms with Crippen LogP contribution in [0.1, 0.15) is 34.1 Å². The van der Waals surface area contributed by atoms with Crippen LogP contribution in [0.2, 0.25) is 0 Å². The summed E-state index contributed by atoms with van der Waals surface area (Å²) in [5.41, 5.74) is 2.65. The summed E-state index contributed by atoms with van der Waals surface area (Å²) in [5, 5.41) is 38.8. The van der Waals surface area contributed by atoms with Crippen LogP contribution in [0.25, 0.3) is 0 Å². The summed E-state index contributed by atoms with van der Waals surface area (Å²) in [5.74, 6) is 0.297. The fraction of sp³-hybridized carbons (Fsp3) is 0.565. The first-order chi connectivity index (χ1) is 12.6. The number of rotatable bonds is 2.